The molecule has 7 nitrogen and oxygen atoms in total. The number of ether oxygens (including phenoxy) is 1. The van der Waals surface area contributed by atoms with Crippen LogP contribution in [0.4, 0.5) is 23.3 Å². The maximum atomic E-state index is 5.59. The number of rotatable bonds is 4. The van der Waals surface area contributed by atoms with E-state index in [4.69, 9.17) is 16.3 Å². The van der Waals surface area contributed by atoms with Crippen LogP contribution < -0.4 is 27.1 Å². The van der Waals surface area contributed by atoms with Crippen LogP contribution in [-0.2, 0) is 0 Å². The van der Waals surface area contributed by atoms with Crippen LogP contribution in [0.25, 0.3) is 0 Å². The van der Waals surface area contributed by atoms with Gasteiger partial charge in [0, 0.05) is 16.6 Å². The van der Waals surface area contributed by atoms with Crippen molar-refractivity contribution >= 4 is 39.2 Å². The molecule has 0 amide bonds. The molecule has 8 heteroatoms. The lowest BCUT2D eigenvalue weighted by Gasteiger charge is -2.11. The zero-order chi connectivity index (χ0) is 13.8. The van der Waals surface area contributed by atoms with Crippen LogP contribution in [0.3, 0.4) is 0 Å². The third-order valence-corrected chi connectivity index (χ3v) is 3.02. The molecule has 0 saturated heterocycles. The van der Waals surface area contributed by atoms with Gasteiger partial charge in [-0.15, -0.1) is 0 Å². The van der Waals surface area contributed by atoms with Crippen molar-refractivity contribution in [3.63, 3.8) is 0 Å². The lowest BCUT2D eigenvalue weighted by Crippen LogP contribution is -2.11. The fourth-order valence-electron chi connectivity index (χ4n) is 1.47. The van der Waals surface area contributed by atoms with Gasteiger partial charge in [-0.3, -0.25) is 0 Å². The van der Waals surface area contributed by atoms with E-state index in [0.717, 1.165) is 15.9 Å². The number of nitrogen functional groups attached to an aromatic ring is 2. The van der Waals surface area contributed by atoms with E-state index in [9.17, 15) is 0 Å². The maximum Gasteiger partial charge on any atom is 0.223 e. The SMILES string of the molecule is COc1ccc(Br)c(Nc2cc(NN)nc(N)n2)c1. The summed E-state index contributed by atoms with van der Waals surface area (Å²) < 4.78 is 6.03. The summed E-state index contributed by atoms with van der Waals surface area (Å²) in [7, 11) is 1.60. The van der Waals surface area contributed by atoms with Gasteiger partial charge in [-0.1, -0.05) is 0 Å². The van der Waals surface area contributed by atoms with Crippen molar-refractivity contribution in [2.75, 3.05) is 23.6 Å². The highest BCUT2D eigenvalue weighted by Crippen LogP contribution is 2.29. The minimum atomic E-state index is 0.122. The van der Waals surface area contributed by atoms with Gasteiger partial charge < -0.3 is 21.2 Å². The highest BCUT2D eigenvalue weighted by molar-refractivity contribution is 9.10. The van der Waals surface area contributed by atoms with E-state index in [2.05, 4.69) is 36.6 Å². The Labute approximate surface area is 118 Å². The third kappa shape index (κ3) is 3.24. The summed E-state index contributed by atoms with van der Waals surface area (Å²) >= 11 is 3.44. The van der Waals surface area contributed by atoms with E-state index >= 15 is 0 Å². The Morgan fingerprint density at radius 1 is 1.21 bits per heavy atom. The topological polar surface area (TPSA) is 111 Å². The van der Waals surface area contributed by atoms with Crippen molar-refractivity contribution in [2.45, 2.75) is 0 Å². The van der Waals surface area contributed by atoms with Crippen molar-refractivity contribution in [1.29, 1.82) is 0 Å². The quantitative estimate of drug-likeness (QED) is 0.501. The first-order chi connectivity index (χ1) is 9.12. The van der Waals surface area contributed by atoms with Gasteiger partial charge in [0.05, 0.1) is 12.8 Å². The van der Waals surface area contributed by atoms with Crippen molar-refractivity contribution in [2.24, 2.45) is 5.84 Å². The summed E-state index contributed by atoms with van der Waals surface area (Å²) in [6.07, 6.45) is 0. The number of nitrogens with zero attached hydrogens (tertiary/aromatic N) is 2. The van der Waals surface area contributed by atoms with Crippen LogP contribution in [0.2, 0.25) is 0 Å². The smallest absolute Gasteiger partial charge is 0.223 e. The van der Waals surface area contributed by atoms with Gasteiger partial charge in [0.1, 0.15) is 17.4 Å². The normalized spacial score (nSPS) is 10.1. The molecule has 100 valence electrons. The Balaban J connectivity index is 2.32. The maximum absolute atomic E-state index is 5.59. The van der Waals surface area contributed by atoms with E-state index in [1.165, 1.54) is 0 Å². The summed E-state index contributed by atoms with van der Waals surface area (Å²) in [6.45, 7) is 0. The van der Waals surface area contributed by atoms with Crippen LogP contribution in [0.5, 0.6) is 5.75 Å². The molecule has 19 heavy (non-hydrogen) atoms. The fourth-order valence-corrected chi connectivity index (χ4v) is 1.81. The van der Waals surface area contributed by atoms with Crippen molar-refractivity contribution in [3.05, 3.63) is 28.7 Å². The molecule has 6 N–H and O–H groups in total. The highest BCUT2D eigenvalue weighted by Gasteiger charge is 2.06. The van der Waals surface area contributed by atoms with E-state index < -0.39 is 0 Å². The first-order valence-corrected chi connectivity index (χ1v) is 6.13. The number of halogens is 1. The molecule has 0 fully saturated rings. The molecule has 0 saturated carbocycles. The predicted molar refractivity (Wildman–Crippen MR) is 78.2 cm³/mol. The molecule has 1 aromatic heterocycles. The molecule has 1 aromatic carbocycles. The number of hydrogen-bond donors (Lipinski definition) is 4. The largest absolute Gasteiger partial charge is 0.497 e. The highest BCUT2D eigenvalue weighted by atomic mass is 79.9. The number of anilines is 4. The van der Waals surface area contributed by atoms with Crippen molar-refractivity contribution in [3.8, 4) is 5.75 Å². The standard InChI is InChI=1S/C11H13BrN6O/c1-19-6-2-3-7(12)8(4-6)15-9-5-10(18-14)17-11(13)16-9/h2-5H,14H2,1H3,(H4,13,15,16,17,18). The zero-order valence-electron chi connectivity index (χ0n) is 10.1. The Hall–Kier alpha value is -2.06. The summed E-state index contributed by atoms with van der Waals surface area (Å²) in [6, 6.07) is 7.19. The third-order valence-electron chi connectivity index (χ3n) is 2.33. The Bertz CT molecular complexity index is 591. The molecule has 0 radical (unpaired) electrons. The summed E-state index contributed by atoms with van der Waals surface area (Å²) in [5.41, 5.74) is 8.80. The predicted octanol–water partition coefficient (Wildman–Crippen LogP) is 1.86. The second kappa shape index (κ2) is 5.72. The van der Waals surface area contributed by atoms with Gasteiger partial charge in [0.2, 0.25) is 5.95 Å². The molecule has 0 aliphatic heterocycles. The first-order valence-electron chi connectivity index (χ1n) is 5.34. The summed E-state index contributed by atoms with van der Waals surface area (Å²) in [4.78, 5) is 7.98. The number of nitrogens with two attached hydrogens (primary N) is 2. The average molecular weight is 325 g/mol. The van der Waals surface area contributed by atoms with E-state index in [1.54, 1.807) is 13.2 Å². The second-order valence-corrected chi connectivity index (χ2v) is 4.47. The molecule has 0 atom stereocenters. The molecule has 0 aliphatic carbocycles. The van der Waals surface area contributed by atoms with Gasteiger partial charge in [0.25, 0.3) is 0 Å². The lowest BCUT2D eigenvalue weighted by atomic mass is 10.3. The molecular weight excluding hydrogens is 312 g/mol. The van der Waals surface area contributed by atoms with Crippen LogP contribution in [0.1, 0.15) is 0 Å². The lowest BCUT2D eigenvalue weighted by molar-refractivity contribution is 0.415. The molecule has 1 heterocycles. The average Bonchev–Trinajstić information content (AvgIpc) is 2.40. The minimum absolute atomic E-state index is 0.122. The Morgan fingerprint density at radius 2 is 1.95 bits per heavy atom. The number of methoxy groups -OCH3 is 1. The summed E-state index contributed by atoms with van der Waals surface area (Å²) in [5.74, 6) is 7.10. The van der Waals surface area contributed by atoms with Crippen LogP contribution in [0.15, 0.2) is 28.7 Å². The molecule has 0 aliphatic rings. The summed E-state index contributed by atoms with van der Waals surface area (Å²) in [5, 5.41) is 3.11. The van der Waals surface area contributed by atoms with Gasteiger partial charge in [-0.2, -0.15) is 9.97 Å². The monoisotopic (exact) mass is 324 g/mol. The van der Waals surface area contributed by atoms with Gasteiger partial charge in [0.15, 0.2) is 0 Å². The molecule has 2 aromatic rings. The Morgan fingerprint density at radius 3 is 2.63 bits per heavy atom. The van der Waals surface area contributed by atoms with Crippen molar-refractivity contribution in [1.82, 2.24) is 9.97 Å². The fraction of sp³-hybridized carbons (Fsp3) is 0.0909. The van der Waals surface area contributed by atoms with Gasteiger partial charge in [-0.05, 0) is 28.1 Å². The van der Waals surface area contributed by atoms with Crippen LogP contribution in [0, 0.1) is 0 Å². The molecule has 0 bridgehead atoms. The van der Waals surface area contributed by atoms with Crippen LogP contribution >= 0.6 is 15.9 Å². The number of aromatic nitrogens is 2. The number of nitrogens with one attached hydrogen (secondary N) is 2. The molecule has 2 rings (SSSR count). The second-order valence-electron chi connectivity index (χ2n) is 3.61. The van der Waals surface area contributed by atoms with E-state index in [0.29, 0.717) is 11.6 Å². The molecule has 0 spiro atoms. The van der Waals surface area contributed by atoms with Crippen LogP contribution in [-0.4, -0.2) is 17.1 Å². The number of hydrazine groups is 1. The zero-order valence-corrected chi connectivity index (χ0v) is 11.7. The van der Waals surface area contributed by atoms with Gasteiger partial charge >= 0.3 is 0 Å². The Kier molecular flexibility index (Phi) is 4.03. The van der Waals surface area contributed by atoms with Gasteiger partial charge in [-0.25, -0.2) is 5.84 Å². The number of benzene rings is 1. The first kappa shape index (κ1) is 13.4. The van der Waals surface area contributed by atoms with E-state index in [-0.39, 0.29) is 5.95 Å². The number of hydrogen-bond acceptors (Lipinski definition) is 7. The molecular formula is C11H13BrN6O. The van der Waals surface area contributed by atoms with Crippen molar-refractivity contribution < 1.29 is 4.74 Å². The molecule has 0 unspecified atom stereocenters. The van der Waals surface area contributed by atoms with E-state index in [1.807, 2.05) is 18.2 Å². The minimum Gasteiger partial charge on any atom is -0.497 e.